The Kier molecular flexibility index (Phi) is 4.53. The second-order valence-corrected chi connectivity index (χ2v) is 4.74. The minimum Gasteiger partial charge on any atom is -0.352 e. The van der Waals surface area contributed by atoms with Gasteiger partial charge in [-0.05, 0) is 49.4 Å². The highest BCUT2D eigenvalue weighted by atomic mass is 16.1. The van der Waals surface area contributed by atoms with E-state index in [9.17, 15) is 4.79 Å². The zero-order chi connectivity index (χ0) is 12.1. The van der Waals surface area contributed by atoms with Crippen LogP contribution in [0.2, 0.25) is 0 Å². The summed E-state index contributed by atoms with van der Waals surface area (Å²) in [4.78, 5) is 11.8. The molecule has 0 spiro atoms. The van der Waals surface area contributed by atoms with Crippen LogP contribution in [0.25, 0.3) is 0 Å². The third-order valence-electron chi connectivity index (χ3n) is 2.78. The van der Waals surface area contributed by atoms with Crippen LogP contribution in [0.1, 0.15) is 41.8 Å². The molecule has 88 valence electrons. The molecular weight excluding hydrogens is 198 g/mol. The number of nitrogens with one attached hydrogen (secondary N) is 1. The lowest BCUT2D eigenvalue weighted by Crippen LogP contribution is -2.25. The lowest BCUT2D eigenvalue weighted by molar-refractivity contribution is 0.0952. The van der Waals surface area contributed by atoms with Crippen molar-refractivity contribution in [3.05, 3.63) is 34.9 Å². The van der Waals surface area contributed by atoms with Crippen LogP contribution in [-0.4, -0.2) is 12.5 Å². The normalized spacial score (nSPS) is 10.6. The predicted octanol–water partition coefficient (Wildman–Crippen LogP) is 3.08. The number of carbonyl (C=O) groups excluding carboxylic acids is 1. The first-order valence-corrected chi connectivity index (χ1v) is 5.86. The topological polar surface area (TPSA) is 29.1 Å². The molecule has 0 unspecified atom stereocenters. The average Bonchev–Trinajstić information content (AvgIpc) is 2.21. The summed E-state index contributed by atoms with van der Waals surface area (Å²) in [6.45, 7) is 9.14. The highest BCUT2D eigenvalue weighted by molar-refractivity contribution is 5.94. The summed E-state index contributed by atoms with van der Waals surface area (Å²) in [5.41, 5.74) is 3.14. The zero-order valence-electron chi connectivity index (χ0n) is 10.6. The van der Waals surface area contributed by atoms with E-state index in [-0.39, 0.29) is 5.91 Å². The molecule has 1 rings (SSSR count). The van der Waals surface area contributed by atoms with Gasteiger partial charge >= 0.3 is 0 Å². The summed E-state index contributed by atoms with van der Waals surface area (Å²) >= 11 is 0. The second-order valence-electron chi connectivity index (χ2n) is 4.74. The first-order chi connectivity index (χ1) is 7.50. The Morgan fingerprint density at radius 2 is 1.94 bits per heavy atom. The van der Waals surface area contributed by atoms with E-state index in [1.54, 1.807) is 0 Å². The summed E-state index contributed by atoms with van der Waals surface area (Å²) < 4.78 is 0. The Hall–Kier alpha value is -1.31. The van der Waals surface area contributed by atoms with Crippen molar-refractivity contribution in [2.24, 2.45) is 5.92 Å². The van der Waals surface area contributed by atoms with Gasteiger partial charge in [-0.1, -0.05) is 19.9 Å². The van der Waals surface area contributed by atoms with E-state index in [1.807, 2.05) is 25.1 Å². The third-order valence-corrected chi connectivity index (χ3v) is 2.78. The SMILES string of the molecule is Cc1ccc(C(=O)NCCC(C)C)cc1C. The van der Waals surface area contributed by atoms with E-state index in [2.05, 4.69) is 26.1 Å². The number of hydrogen-bond donors (Lipinski definition) is 1. The number of carbonyl (C=O) groups is 1. The summed E-state index contributed by atoms with van der Waals surface area (Å²) in [5.74, 6) is 0.656. The van der Waals surface area contributed by atoms with Crippen molar-refractivity contribution in [1.82, 2.24) is 5.32 Å². The molecule has 0 aliphatic rings. The molecule has 1 aromatic carbocycles. The van der Waals surface area contributed by atoms with Gasteiger partial charge in [0, 0.05) is 12.1 Å². The molecule has 0 saturated carbocycles. The number of amides is 1. The Labute approximate surface area is 98.1 Å². The van der Waals surface area contributed by atoms with Crippen molar-refractivity contribution in [3.8, 4) is 0 Å². The van der Waals surface area contributed by atoms with Crippen molar-refractivity contribution in [2.75, 3.05) is 6.54 Å². The molecule has 0 bridgehead atoms. The Morgan fingerprint density at radius 1 is 1.25 bits per heavy atom. The minimum absolute atomic E-state index is 0.0313. The van der Waals surface area contributed by atoms with Crippen LogP contribution in [0.4, 0.5) is 0 Å². The van der Waals surface area contributed by atoms with E-state index in [4.69, 9.17) is 0 Å². The molecule has 2 nitrogen and oxygen atoms in total. The van der Waals surface area contributed by atoms with E-state index in [1.165, 1.54) is 5.56 Å². The second kappa shape index (κ2) is 5.69. The summed E-state index contributed by atoms with van der Waals surface area (Å²) in [6.07, 6.45) is 1.02. The maximum absolute atomic E-state index is 11.8. The van der Waals surface area contributed by atoms with Gasteiger partial charge in [0.15, 0.2) is 0 Å². The number of rotatable bonds is 4. The zero-order valence-corrected chi connectivity index (χ0v) is 10.6. The van der Waals surface area contributed by atoms with Gasteiger partial charge in [0.25, 0.3) is 5.91 Å². The van der Waals surface area contributed by atoms with Crippen LogP contribution in [0, 0.1) is 19.8 Å². The van der Waals surface area contributed by atoms with E-state index in [0.717, 1.165) is 24.1 Å². The van der Waals surface area contributed by atoms with Crippen molar-refractivity contribution in [2.45, 2.75) is 34.1 Å². The van der Waals surface area contributed by atoms with E-state index >= 15 is 0 Å². The van der Waals surface area contributed by atoms with Crippen molar-refractivity contribution < 1.29 is 4.79 Å². The first-order valence-electron chi connectivity index (χ1n) is 5.86. The molecule has 0 heterocycles. The fourth-order valence-electron chi connectivity index (χ4n) is 1.46. The summed E-state index contributed by atoms with van der Waals surface area (Å²) in [6, 6.07) is 5.82. The Balaban J connectivity index is 2.56. The molecular formula is C14H21NO. The molecule has 0 aliphatic heterocycles. The molecule has 0 aromatic heterocycles. The number of aryl methyl sites for hydroxylation is 2. The largest absolute Gasteiger partial charge is 0.352 e. The average molecular weight is 219 g/mol. The molecule has 1 aromatic rings. The quantitative estimate of drug-likeness (QED) is 0.828. The van der Waals surface area contributed by atoms with Gasteiger partial charge in [-0.2, -0.15) is 0 Å². The predicted molar refractivity (Wildman–Crippen MR) is 67.7 cm³/mol. The Bertz CT molecular complexity index is 369. The molecule has 0 atom stereocenters. The third kappa shape index (κ3) is 3.69. The molecule has 0 radical (unpaired) electrons. The standard InChI is InChI=1S/C14H21NO/c1-10(2)7-8-15-14(16)13-6-5-11(3)12(4)9-13/h5-6,9-10H,7-8H2,1-4H3,(H,15,16). The van der Waals surface area contributed by atoms with Crippen LogP contribution in [-0.2, 0) is 0 Å². The van der Waals surface area contributed by atoms with Crippen molar-refractivity contribution >= 4 is 5.91 Å². The molecule has 1 N–H and O–H groups in total. The van der Waals surface area contributed by atoms with E-state index in [0.29, 0.717) is 5.92 Å². The van der Waals surface area contributed by atoms with Gasteiger partial charge in [-0.15, -0.1) is 0 Å². The molecule has 2 heteroatoms. The van der Waals surface area contributed by atoms with Crippen LogP contribution in [0.3, 0.4) is 0 Å². The van der Waals surface area contributed by atoms with Crippen molar-refractivity contribution in [3.63, 3.8) is 0 Å². The van der Waals surface area contributed by atoms with Crippen LogP contribution in [0.5, 0.6) is 0 Å². The minimum atomic E-state index is 0.0313. The highest BCUT2D eigenvalue weighted by Crippen LogP contribution is 2.09. The first kappa shape index (κ1) is 12.8. The van der Waals surface area contributed by atoms with Gasteiger partial charge in [0.05, 0.1) is 0 Å². The van der Waals surface area contributed by atoms with Crippen LogP contribution < -0.4 is 5.32 Å². The smallest absolute Gasteiger partial charge is 0.251 e. The maximum atomic E-state index is 11.8. The fourth-order valence-corrected chi connectivity index (χ4v) is 1.46. The highest BCUT2D eigenvalue weighted by Gasteiger charge is 2.05. The van der Waals surface area contributed by atoms with Gasteiger partial charge in [0.1, 0.15) is 0 Å². The molecule has 0 fully saturated rings. The monoisotopic (exact) mass is 219 g/mol. The van der Waals surface area contributed by atoms with Crippen molar-refractivity contribution in [1.29, 1.82) is 0 Å². The van der Waals surface area contributed by atoms with Gasteiger partial charge < -0.3 is 5.32 Å². The molecule has 16 heavy (non-hydrogen) atoms. The molecule has 1 amide bonds. The van der Waals surface area contributed by atoms with Gasteiger partial charge in [-0.25, -0.2) is 0 Å². The maximum Gasteiger partial charge on any atom is 0.251 e. The molecule has 0 saturated heterocycles. The Morgan fingerprint density at radius 3 is 2.50 bits per heavy atom. The van der Waals surface area contributed by atoms with Gasteiger partial charge in [-0.3, -0.25) is 4.79 Å². The molecule has 0 aliphatic carbocycles. The van der Waals surface area contributed by atoms with Crippen LogP contribution in [0.15, 0.2) is 18.2 Å². The number of benzene rings is 1. The number of hydrogen-bond acceptors (Lipinski definition) is 1. The lowest BCUT2D eigenvalue weighted by atomic mass is 10.1. The summed E-state index contributed by atoms with van der Waals surface area (Å²) in [7, 11) is 0. The van der Waals surface area contributed by atoms with Gasteiger partial charge in [0.2, 0.25) is 0 Å². The summed E-state index contributed by atoms with van der Waals surface area (Å²) in [5, 5.41) is 2.94. The van der Waals surface area contributed by atoms with Crippen LogP contribution >= 0.6 is 0 Å². The van der Waals surface area contributed by atoms with E-state index < -0.39 is 0 Å². The lowest BCUT2D eigenvalue weighted by Gasteiger charge is -2.08. The fraction of sp³-hybridized carbons (Fsp3) is 0.500.